The standard InChI is InChI=1S/C22H28N2O/c1-16(25)23-19-13-12-18-11-10-17-7-4-5-8-20(17)21(22(18)15-19)9-6-14-24(2)3/h4-5,7-8,12-13,15,21H,6,9-11,14H2,1-3H3,(H,23,25). The molecule has 0 saturated carbocycles. The van der Waals surface area contributed by atoms with E-state index in [9.17, 15) is 4.79 Å². The van der Waals surface area contributed by atoms with Gasteiger partial charge < -0.3 is 10.2 Å². The molecule has 3 nitrogen and oxygen atoms in total. The Morgan fingerprint density at radius 1 is 1.08 bits per heavy atom. The van der Waals surface area contributed by atoms with Crippen molar-refractivity contribution >= 4 is 11.6 Å². The lowest BCUT2D eigenvalue weighted by Gasteiger charge is -2.22. The first kappa shape index (κ1) is 17.7. The smallest absolute Gasteiger partial charge is 0.221 e. The second-order valence-corrected chi connectivity index (χ2v) is 7.29. The summed E-state index contributed by atoms with van der Waals surface area (Å²) < 4.78 is 0. The Bertz CT molecular complexity index is 751. The van der Waals surface area contributed by atoms with Gasteiger partial charge in [0.15, 0.2) is 0 Å². The van der Waals surface area contributed by atoms with Gasteiger partial charge in [0.25, 0.3) is 0 Å². The van der Waals surface area contributed by atoms with Crippen LogP contribution in [0.1, 0.15) is 47.9 Å². The number of carbonyl (C=O) groups is 1. The van der Waals surface area contributed by atoms with Gasteiger partial charge in [0.2, 0.25) is 5.91 Å². The van der Waals surface area contributed by atoms with Crippen LogP contribution in [0.3, 0.4) is 0 Å². The minimum absolute atomic E-state index is 0.0156. The molecule has 25 heavy (non-hydrogen) atoms. The van der Waals surface area contributed by atoms with Crippen LogP contribution in [-0.2, 0) is 17.6 Å². The average Bonchev–Trinajstić information content (AvgIpc) is 2.72. The van der Waals surface area contributed by atoms with Gasteiger partial charge in [-0.1, -0.05) is 30.3 Å². The summed E-state index contributed by atoms with van der Waals surface area (Å²) in [6.45, 7) is 2.66. The summed E-state index contributed by atoms with van der Waals surface area (Å²) in [4.78, 5) is 13.7. The van der Waals surface area contributed by atoms with Crippen LogP contribution in [0.15, 0.2) is 42.5 Å². The number of hydrogen-bond donors (Lipinski definition) is 1. The number of nitrogens with zero attached hydrogens (tertiary/aromatic N) is 1. The van der Waals surface area contributed by atoms with Gasteiger partial charge in [0.1, 0.15) is 0 Å². The van der Waals surface area contributed by atoms with Crippen LogP contribution in [0.2, 0.25) is 0 Å². The van der Waals surface area contributed by atoms with E-state index in [0.717, 1.165) is 37.9 Å². The molecule has 2 aromatic carbocycles. The Kier molecular flexibility index (Phi) is 5.54. The van der Waals surface area contributed by atoms with E-state index < -0.39 is 0 Å². The molecular weight excluding hydrogens is 308 g/mol. The summed E-state index contributed by atoms with van der Waals surface area (Å²) in [7, 11) is 4.26. The second-order valence-electron chi connectivity index (χ2n) is 7.29. The largest absolute Gasteiger partial charge is 0.326 e. The Morgan fingerprint density at radius 2 is 1.80 bits per heavy atom. The van der Waals surface area contributed by atoms with E-state index in [1.807, 2.05) is 6.07 Å². The Labute approximate surface area is 151 Å². The van der Waals surface area contributed by atoms with Gasteiger partial charge in [-0.25, -0.2) is 0 Å². The highest BCUT2D eigenvalue weighted by Crippen LogP contribution is 2.38. The van der Waals surface area contributed by atoms with Gasteiger partial charge in [-0.05, 0) is 80.7 Å². The van der Waals surface area contributed by atoms with Crippen LogP contribution >= 0.6 is 0 Å². The van der Waals surface area contributed by atoms with Crippen molar-refractivity contribution in [3.63, 3.8) is 0 Å². The fourth-order valence-electron chi connectivity index (χ4n) is 3.89. The third-order valence-corrected chi connectivity index (χ3v) is 5.03. The summed E-state index contributed by atoms with van der Waals surface area (Å²) in [5.74, 6) is 0.389. The summed E-state index contributed by atoms with van der Waals surface area (Å²) in [6, 6.07) is 15.3. The SMILES string of the molecule is CC(=O)Nc1ccc2c(c1)C(CCCN(C)C)c1ccccc1CC2. The number of rotatable bonds is 5. The predicted octanol–water partition coefficient (Wildman–Crippen LogP) is 4.22. The van der Waals surface area contributed by atoms with E-state index in [2.05, 4.69) is 60.7 Å². The maximum absolute atomic E-state index is 11.5. The number of benzene rings is 2. The average molecular weight is 336 g/mol. The van der Waals surface area contributed by atoms with E-state index >= 15 is 0 Å². The lowest BCUT2D eigenvalue weighted by molar-refractivity contribution is -0.114. The molecular formula is C22H28N2O. The summed E-state index contributed by atoms with van der Waals surface area (Å²) in [5.41, 5.74) is 6.63. The van der Waals surface area contributed by atoms with Crippen LogP contribution < -0.4 is 5.32 Å². The van der Waals surface area contributed by atoms with Crippen molar-refractivity contribution in [2.24, 2.45) is 0 Å². The molecule has 1 aliphatic rings. The molecule has 0 bridgehead atoms. The first-order valence-corrected chi connectivity index (χ1v) is 9.17. The number of aryl methyl sites for hydroxylation is 2. The number of anilines is 1. The lowest BCUT2D eigenvalue weighted by atomic mass is 9.84. The monoisotopic (exact) mass is 336 g/mol. The first-order valence-electron chi connectivity index (χ1n) is 9.17. The van der Waals surface area contributed by atoms with Crippen molar-refractivity contribution in [1.82, 2.24) is 4.90 Å². The number of nitrogens with one attached hydrogen (secondary N) is 1. The maximum atomic E-state index is 11.5. The van der Waals surface area contributed by atoms with Crippen molar-refractivity contribution in [2.45, 2.75) is 38.5 Å². The van der Waals surface area contributed by atoms with Gasteiger partial charge in [0, 0.05) is 18.5 Å². The molecule has 0 aliphatic heterocycles. The van der Waals surface area contributed by atoms with Gasteiger partial charge in [-0.15, -0.1) is 0 Å². The lowest BCUT2D eigenvalue weighted by Crippen LogP contribution is -2.15. The van der Waals surface area contributed by atoms with E-state index in [-0.39, 0.29) is 5.91 Å². The van der Waals surface area contributed by atoms with Crippen molar-refractivity contribution < 1.29 is 4.79 Å². The van der Waals surface area contributed by atoms with Crippen molar-refractivity contribution in [3.8, 4) is 0 Å². The highest BCUT2D eigenvalue weighted by Gasteiger charge is 2.23. The van der Waals surface area contributed by atoms with Crippen LogP contribution in [0, 0.1) is 0 Å². The van der Waals surface area contributed by atoms with Gasteiger partial charge >= 0.3 is 0 Å². The molecule has 1 N–H and O–H groups in total. The van der Waals surface area contributed by atoms with Gasteiger partial charge in [-0.2, -0.15) is 0 Å². The van der Waals surface area contributed by atoms with E-state index in [4.69, 9.17) is 0 Å². The Morgan fingerprint density at radius 3 is 2.52 bits per heavy atom. The zero-order valence-corrected chi connectivity index (χ0v) is 15.5. The third kappa shape index (κ3) is 4.29. The van der Waals surface area contributed by atoms with E-state index in [1.165, 1.54) is 22.3 Å². The van der Waals surface area contributed by atoms with Crippen molar-refractivity contribution in [1.29, 1.82) is 0 Å². The molecule has 0 fully saturated rings. The maximum Gasteiger partial charge on any atom is 0.221 e. The molecule has 0 radical (unpaired) electrons. The molecule has 3 heteroatoms. The predicted molar refractivity (Wildman–Crippen MR) is 104 cm³/mol. The first-order chi connectivity index (χ1) is 12.0. The summed E-state index contributed by atoms with van der Waals surface area (Å²) in [6.07, 6.45) is 4.45. The van der Waals surface area contributed by atoms with Crippen molar-refractivity contribution in [3.05, 3.63) is 64.7 Å². The van der Waals surface area contributed by atoms with E-state index in [1.54, 1.807) is 6.92 Å². The zero-order chi connectivity index (χ0) is 17.8. The Hall–Kier alpha value is -2.13. The number of fused-ring (bicyclic) bond motifs is 2. The van der Waals surface area contributed by atoms with Crippen LogP contribution in [0.5, 0.6) is 0 Å². The molecule has 0 heterocycles. The Balaban J connectivity index is 1.99. The molecule has 1 atom stereocenters. The number of hydrogen-bond acceptors (Lipinski definition) is 2. The molecule has 0 saturated heterocycles. The van der Waals surface area contributed by atoms with Crippen LogP contribution in [0.25, 0.3) is 0 Å². The van der Waals surface area contributed by atoms with Crippen molar-refractivity contribution in [2.75, 3.05) is 26.0 Å². The summed E-state index contributed by atoms with van der Waals surface area (Å²) in [5, 5.41) is 2.95. The molecule has 1 amide bonds. The minimum Gasteiger partial charge on any atom is -0.326 e. The molecule has 1 unspecified atom stereocenters. The molecule has 132 valence electrons. The molecule has 3 rings (SSSR count). The highest BCUT2D eigenvalue weighted by atomic mass is 16.1. The highest BCUT2D eigenvalue weighted by molar-refractivity contribution is 5.88. The molecule has 2 aromatic rings. The molecule has 0 aromatic heterocycles. The number of amides is 1. The second kappa shape index (κ2) is 7.83. The number of carbonyl (C=O) groups excluding carboxylic acids is 1. The zero-order valence-electron chi connectivity index (χ0n) is 15.5. The summed E-state index contributed by atoms with van der Waals surface area (Å²) >= 11 is 0. The minimum atomic E-state index is -0.0156. The third-order valence-electron chi connectivity index (χ3n) is 5.03. The fourth-order valence-corrected chi connectivity index (χ4v) is 3.89. The van der Waals surface area contributed by atoms with E-state index in [0.29, 0.717) is 5.92 Å². The van der Waals surface area contributed by atoms with Crippen LogP contribution in [0.4, 0.5) is 5.69 Å². The molecule has 1 aliphatic carbocycles. The van der Waals surface area contributed by atoms with Gasteiger partial charge in [0.05, 0.1) is 0 Å². The quantitative estimate of drug-likeness (QED) is 0.887. The molecule has 0 spiro atoms. The topological polar surface area (TPSA) is 32.3 Å². The fraction of sp³-hybridized carbons (Fsp3) is 0.409. The van der Waals surface area contributed by atoms with Crippen LogP contribution in [-0.4, -0.2) is 31.4 Å². The van der Waals surface area contributed by atoms with Gasteiger partial charge in [-0.3, -0.25) is 4.79 Å². The normalized spacial score (nSPS) is 16.1.